The van der Waals surface area contributed by atoms with Crippen LogP contribution >= 0.6 is 0 Å². The Morgan fingerprint density at radius 3 is 3.04 bits per heavy atom. The first-order valence-electron chi connectivity index (χ1n) is 7.56. The van der Waals surface area contributed by atoms with Crippen molar-refractivity contribution in [1.82, 2.24) is 35.8 Å². The van der Waals surface area contributed by atoms with Gasteiger partial charge in [0, 0.05) is 30.7 Å². The summed E-state index contributed by atoms with van der Waals surface area (Å²) in [5.41, 5.74) is 1.83. The van der Waals surface area contributed by atoms with E-state index in [9.17, 15) is 9.18 Å². The van der Waals surface area contributed by atoms with Crippen LogP contribution in [-0.4, -0.2) is 37.8 Å². The minimum atomic E-state index is -0.313. The SMILES string of the molecule is C[C@H](NC(=O)NCCc1c[nH]c2ccc(F)cc12)c1nnnn1C. The molecule has 0 aliphatic carbocycles. The molecule has 2 aromatic heterocycles. The number of halogens is 1. The van der Waals surface area contributed by atoms with Crippen molar-refractivity contribution >= 4 is 16.9 Å². The summed E-state index contributed by atoms with van der Waals surface area (Å²) in [6.45, 7) is 2.23. The molecule has 3 N–H and O–H groups in total. The highest BCUT2D eigenvalue weighted by molar-refractivity contribution is 5.83. The molecular weight excluding hydrogens is 313 g/mol. The summed E-state index contributed by atoms with van der Waals surface area (Å²) in [6.07, 6.45) is 2.42. The molecule has 2 heterocycles. The van der Waals surface area contributed by atoms with Crippen LogP contribution in [0.4, 0.5) is 9.18 Å². The lowest BCUT2D eigenvalue weighted by Gasteiger charge is -2.13. The number of urea groups is 1. The van der Waals surface area contributed by atoms with Crippen molar-refractivity contribution in [2.45, 2.75) is 19.4 Å². The summed E-state index contributed by atoms with van der Waals surface area (Å²) in [4.78, 5) is 15.0. The molecule has 1 aromatic carbocycles. The van der Waals surface area contributed by atoms with Crippen LogP contribution in [0, 0.1) is 5.82 Å². The monoisotopic (exact) mass is 331 g/mol. The normalized spacial score (nSPS) is 12.3. The first-order chi connectivity index (χ1) is 11.5. The lowest BCUT2D eigenvalue weighted by atomic mass is 10.1. The molecule has 0 spiro atoms. The predicted octanol–water partition coefficient (Wildman–Crippen LogP) is 1.43. The fraction of sp³-hybridized carbons (Fsp3) is 0.333. The summed E-state index contributed by atoms with van der Waals surface area (Å²) < 4.78 is 14.8. The van der Waals surface area contributed by atoms with Gasteiger partial charge in [0.15, 0.2) is 5.82 Å². The van der Waals surface area contributed by atoms with Crippen molar-refractivity contribution in [2.24, 2.45) is 7.05 Å². The first kappa shape index (κ1) is 15.9. The fourth-order valence-electron chi connectivity index (χ4n) is 2.58. The van der Waals surface area contributed by atoms with Crippen molar-refractivity contribution in [3.05, 3.63) is 41.6 Å². The first-order valence-corrected chi connectivity index (χ1v) is 7.56. The number of amides is 2. The number of aromatic amines is 1. The zero-order valence-electron chi connectivity index (χ0n) is 13.4. The fourth-order valence-corrected chi connectivity index (χ4v) is 2.58. The van der Waals surface area contributed by atoms with Crippen LogP contribution in [0.3, 0.4) is 0 Å². The highest BCUT2D eigenvalue weighted by Gasteiger charge is 2.14. The molecule has 0 unspecified atom stereocenters. The number of benzene rings is 1. The Balaban J connectivity index is 1.53. The van der Waals surface area contributed by atoms with Crippen LogP contribution in [-0.2, 0) is 13.5 Å². The second kappa shape index (κ2) is 6.65. The van der Waals surface area contributed by atoms with Gasteiger partial charge in [0.1, 0.15) is 5.82 Å². The standard InChI is InChI=1S/C15H18FN7O/c1-9(14-20-21-22-23(14)2)19-15(24)17-6-5-10-8-18-13-4-3-11(16)7-12(10)13/h3-4,7-9,18H,5-6H2,1-2H3,(H2,17,19,24)/t9-/m0/s1. The number of aromatic nitrogens is 5. The van der Waals surface area contributed by atoms with E-state index in [1.54, 1.807) is 20.0 Å². The number of carbonyl (C=O) groups is 1. The lowest BCUT2D eigenvalue weighted by Crippen LogP contribution is -2.38. The molecule has 2 amide bonds. The molecule has 126 valence electrons. The quantitative estimate of drug-likeness (QED) is 0.658. The summed E-state index contributed by atoms with van der Waals surface area (Å²) in [5.74, 6) is 0.289. The molecule has 0 fully saturated rings. The minimum Gasteiger partial charge on any atom is -0.361 e. The highest BCUT2D eigenvalue weighted by atomic mass is 19.1. The molecule has 9 heteroatoms. The summed E-state index contributed by atoms with van der Waals surface area (Å²) in [6, 6.07) is 3.98. The van der Waals surface area contributed by atoms with Crippen molar-refractivity contribution < 1.29 is 9.18 Å². The molecule has 0 bridgehead atoms. The Bertz CT molecular complexity index is 857. The smallest absolute Gasteiger partial charge is 0.315 e. The molecule has 0 saturated carbocycles. The van der Waals surface area contributed by atoms with Gasteiger partial charge < -0.3 is 15.6 Å². The van der Waals surface area contributed by atoms with Crippen LogP contribution in [0.15, 0.2) is 24.4 Å². The van der Waals surface area contributed by atoms with Gasteiger partial charge in [0.25, 0.3) is 0 Å². The van der Waals surface area contributed by atoms with Gasteiger partial charge in [-0.2, -0.15) is 0 Å². The van der Waals surface area contributed by atoms with Gasteiger partial charge in [-0.25, -0.2) is 13.9 Å². The number of fused-ring (bicyclic) bond motifs is 1. The zero-order chi connectivity index (χ0) is 17.1. The Kier molecular flexibility index (Phi) is 4.41. The highest BCUT2D eigenvalue weighted by Crippen LogP contribution is 2.19. The summed E-state index contributed by atoms with van der Waals surface area (Å²) >= 11 is 0. The molecule has 24 heavy (non-hydrogen) atoms. The van der Waals surface area contributed by atoms with Crippen LogP contribution < -0.4 is 10.6 Å². The Labute approximate surface area is 137 Å². The van der Waals surface area contributed by atoms with Crippen LogP contribution in [0.5, 0.6) is 0 Å². The van der Waals surface area contributed by atoms with E-state index in [1.807, 2.05) is 6.20 Å². The average Bonchev–Trinajstić information content (AvgIpc) is 3.13. The largest absolute Gasteiger partial charge is 0.361 e. The van der Waals surface area contributed by atoms with E-state index in [2.05, 4.69) is 31.1 Å². The second-order valence-electron chi connectivity index (χ2n) is 5.54. The third-order valence-corrected chi connectivity index (χ3v) is 3.80. The molecular formula is C15H18FN7O. The number of H-pyrrole nitrogens is 1. The third kappa shape index (κ3) is 3.34. The van der Waals surface area contributed by atoms with Crippen molar-refractivity contribution in [1.29, 1.82) is 0 Å². The predicted molar refractivity (Wildman–Crippen MR) is 85.7 cm³/mol. The van der Waals surface area contributed by atoms with E-state index in [0.29, 0.717) is 18.8 Å². The molecule has 3 aromatic rings. The molecule has 1 atom stereocenters. The Morgan fingerprint density at radius 2 is 2.29 bits per heavy atom. The van der Waals surface area contributed by atoms with E-state index >= 15 is 0 Å². The number of nitrogens with one attached hydrogen (secondary N) is 3. The molecule has 3 rings (SSSR count). The molecule has 8 nitrogen and oxygen atoms in total. The maximum Gasteiger partial charge on any atom is 0.315 e. The molecule has 0 saturated heterocycles. The van der Waals surface area contributed by atoms with E-state index in [0.717, 1.165) is 16.5 Å². The van der Waals surface area contributed by atoms with Gasteiger partial charge in [-0.1, -0.05) is 0 Å². The third-order valence-electron chi connectivity index (χ3n) is 3.80. The van der Waals surface area contributed by atoms with Crippen molar-refractivity contribution in [2.75, 3.05) is 6.54 Å². The van der Waals surface area contributed by atoms with Gasteiger partial charge in [0.2, 0.25) is 0 Å². The van der Waals surface area contributed by atoms with E-state index in [-0.39, 0.29) is 17.9 Å². The van der Waals surface area contributed by atoms with Gasteiger partial charge in [-0.15, -0.1) is 5.10 Å². The van der Waals surface area contributed by atoms with Gasteiger partial charge in [-0.3, -0.25) is 0 Å². The number of nitrogens with zero attached hydrogens (tertiary/aromatic N) is 4. The number of carbonyl (C=O) groups excluding carboxylic acids is 1. The van der Waals surface area contributed by atoms with E-state index in [4.69, 9.17) is 0 Å². The lowest BCUT2D eigenvalue weighted by molar-refractivity contribution is 0.237. The van der Waals surface area contributed by atoms with Gasteiger partial charge >= 0.3 is 6.03 Å². The van der Waals surface area contributed by atoms with Crippen LogP contribution in [0.1, 0.15) is 24.4 Å². The number of hydrogen-bond donors (Lipinski definition) is 3. The maximum atomic E-state index is 13.3. The molecule has 0 aliphatic rings. The maximum absolute atomic E-state index is 13.3. The topological polar surface area (TPSA) is 101 Å². The van der Waals surface area contributed by atoms with Crippen LogP contribution in [0.2, 0.25) is 0 Å². The Hall–Kier alpha value is -2.97. The number of hydrogen-bond acceptors (Lipinski definition) is 4. The number of rotatable bonds is 5. The van der Waals surface area contributed by atoms with Crippen molar-refractivity contribution in [3.8, 4) is 0 Å². The minimum absolute atomic E-state index is 0.278. The average molecular weight is 331 g/mol. The van der Waals surface area contributed by atoms with Gasteiger partial charge in [0.05, 0.1) is 6.04 Å². The van der Waals surface area contributed by atoms with Crippen LogP contribution in [0.25, 0.3) is 10.9 Å². The van der Waals surface area contributed by atoms with Crippen molar-refractivity contribution in [3.63, 3.8) is 0 Å². The second-order valence-corrected chi connectivity index (χ2v) is 5.54. The van der Waals surface area contributed by atoms with E-state index < -0.39 is 0 Å². The van der Waals surface area contributed by atoms with Gasteiger partial charge in [-0.05, 0) is 47.5 Å². The summed E-state index contributed by atoms with van der Waals surface area (Å²) in [7, 11) is 1.71. The number of tetrazole rings is 1. The van der Waals surface area contributed by atoms with E-state index in [1.165, 1.54) is 16.8 Å². The molecule has 0 radical (unpaired) electrons. The molecule has 0 aliphatic heterocycles. The Morgan fingerprint density at radius 1 is 1.46 bits per heavy atom. The summed E-state index contributed by atoms with van der Waals surface area (Å²) in [5, 5.41) is 17.5. The number of aryl methyl sites for hydroxylation is 1. The zero-order valence-corrected chi connectivity index (χ0v) is 13.4.